The summed E-state index contributed by atoms with van der Waals surface area (Å²) in [5, 5.41) is 12.4. The zero-order valence-electron chi connectivity index (χ0n) is 8.19. The highest BCUT2D eigenvalue weighted by Gasteiger charge is 1.97. The molecule has 0 fully saturated rings. The summed E-state index contributed by atoms with van der Waals surface area (Å²) in [6.45, 7) is 1.82. The third kappa shape index (κ3) is 3.37. The van der Waals surface area contributed by atoms with Crippen LogP contribution in [0.4, 0.5) is 5.69 Å². The van der Waals surface area contributed by atoms with Gasteiger partial charge in [-0.05, 0) is 36.8 Å². The van der Waals surface area contributed by atoms with Crippen LogP contribution in [0.15, 0.2) is 29.4 Å². The molecule has 3 N–H and O–H groups in total. The van der Waals surface area contributed by atoms with Crippen LogP contribution in [0, 0.1) is 11.3 Å². The molecule has 0 bridgehead atoms. The van der Waals surface area contributed by atoms with Crippen molar-refractivity contribution < 1.29 is 0 Å². The van der Waals surface area contributed by atoms with Crippen LogP contribution in [-0.2, 0) is 0 Å². The number of nitrogens with zero attached hydrogens (tertiary/aromatic N) is 2. The topological polar surface area (TPSA) is 74.2 Å². The van der Waals surface area contributed by atoms with Crippen molar-refractivity contribution in [1.29, 1.82) is 5.26 Å². The number of thiocarbonyl (C=S) groups is 1. The fourth-order valence-corrected chi connectivity index (χ4v) is 0.994. The van der Waals surface area contributed by atoms with Crippen LogP contribution in [0.3, 0.4) is 0 Å². The highest BCUT2D eigenvalue weighted by molar-refractivity contribution is 7.80. The highest BCUT2D eigenvalue weighted by Crippen LogP contribution is 2.06. The van der Waals surface area contributed by atoms with Gasteiger partial charge in [0, 0.05) is 5.69 Å². The van der Waals surface area contributed by atoms with Gasteiger partial charge in [0.2, 0.25) is 0 Å². The second-order valence-electron chi connectivity index (χ2n) is 2.87. The molecule has 15 heavy (non-hydrogen) atoms. The van der Waals surface area contributed by atoms with Gasteiger partial charge in [0.15, 0.2) is 4.99 Å². The van der Waals surface area contributed by atoms with Crippen LogP contribution >= 0.6 is 12.2 Å². The zero-order chi connectivity index (χ0) is 11.3. The number of nitrogen functional groups attached to an aromatic ring is 1. The zero-order valence-corrected chi connectivity index (χ0v) is 9.01. The van der Waals surface area contributed by atoms with E-state index in [1.54, 1.807) is 18.2 Å². The Morgan fingerprint density at radius 3 is 2.60 bits per heavy atom. The molecular weight excluding hydrogens is 208 g/mol. The molecule has 0 saturated heterocycles. The molecule has 0 aromatic heterocycles. The van der Waals surface area contributed by atoms with E-state index in [0.717, 1.165) is 11.3 Å². The van der Waals surface area contributed by atoms with Crippen LogP contribution in [0.5, 0.6) is 0 Å². The lowest BCUT2D eigenvalue weighted by molar-refractivity contribution is 1.05. The van der Waals surface area contributed by atoms with E-state index in [1.165, 1.54) is 0 Å². The van der Waals surface area contributed by atoms with Crippen LogP contribution in [0.25, 0.3) is 0 Å². The predicted octanol–water partition coefficient (Wildman–Crippen LogP) is 1.43. The van der Waals surface area contributed by atoms with Crippen molar-refractivity contribution in [3.8, 4) is 6.07 Å². The van der Waals surface area contributed by atoms with E-state index in [0.29, 0.717) is 5.69 Å². The van der Waals surface area contributed by atoms with Crippen LogP contribution in [0.1, 0.15) is 12.5 Å². The van der Waals surface area contributed by atoms with Crippen molar-refractivity contribution in [1.82, 2.24) is 5.43 Å². The van der Waals surface area contributed by atoms with Gasteiger partial charge in [-0.2, -0.15) is 10.4 Å². The Bertz CT molecular complexity index is 428. The smallest absolute Gasteiger partial charge is 0.198 e. The van der Waals surface area contributed by atoms with Gasteiger partial charge >= 0.3 is 0 Å². The number of nitrogens with two attached hydrogens (primary N) is 1. The molecule has 0 atom stereocenters. The van der Waals surface area contributed by atoms with E-state index in [4.69, 9.17) is 11.0 Å². The SMILES string of the molecule is C/C(=N/NC(=S)C#N)c1ccc(N)cc1. The lowest BCUT2D eigenvalue weighted by Gasteiger charge is -2.01. The molecule has 0 unspecified atom stereocenters. The number of hydrazone groups is 1. The van der Waals surface area contributed by atoms with Crippen molar-refractivity contribution in [2.45, 2.75) is 6.92 Å². The first-order valence-corrected chi connectivity index (χ1v) is 4.64. The molecule has 0 spiro atoms. The Morgan fingerprint density at radius 1 is 1.47 bits per heavy atom. The van der Waals surface area contributed by atoms with E-state index in [2.05, 4.69) is 22.7 Å². The summed E-state index contributed by atoms with van der Waals surface area (Å²) in [5.74, 6) is 0. The number of anilines is 1. The Balaban J connectivity index is 2.77. The van der Waals surface area contributed by atoms with Gasteiger partial charge in [0.1, 0.15) is 6.07 Å². The molecular formula is C10H10N4S. The maximum absolute atomic E-state index is 8.42. The lowest BCUT2D eigenvalue weighted by Crippen LogP contribution is -2.14. The number of nitriles is 1. The molecule has 76 valence electrons. The number of hydrogen-bond acceptors (Lipinski definition) is 4. The Kier molecular flexibility index (Phi) is 3.77. The monoisotopic (exact) mass is 218 g/mol. The standard InChI is InChI=1S/C10H10N4S/c1-7(13-14-10(15)6-11)8-2-4-9(12)5-3-8/h2-5H,12H2,1H3,(H,14,15)/b13-7-. The maximum atomic E-state index is 8.42. The summed E-state index contributed by atoms with van der Waals surface area (Å²) < 4.78 is 0. The summed E-state index contributed by atoms with van der Waals surface area (Å²) >= 11 is 4.65. The largest absolute Gasteiger partial charge is 0.399 e. The minimum atomic E-state index is 0.0461. The molecule has 0 radical (unpaired) electrons. The minimum absolute atomic E-state index is 0.0461. The summed E-state index contributed by atoms with van der Waals surface area (Å²) in [4.78, 5) is 0.0461. The van der Waals surface area contributed by atoms with Crippen LogP contribution < -0.4 is 11.2 Å². The number of rotatable bonds is 2. The summed E-state index contributed by atoms with van der Waals surface area (Å²) in [7, 11) is 0. The number of hydrogen-bond donors (Lipinski definition) is 2. The third-order valence-electron chi connectivity index (χ3n) is 1.76. The van der Waals surface area contributed by atoms with Gasteiger partial charge in [-0.15, -0.1) is 0 Å². The Labute approximate surface area is 93.4 Å². The molecule has 4 nitrogen and oxygen atoms in total. The first-order valence-electron chi connectivity index (χ1n) is 4.23. The van der Waals surface area contributed by atoms with E-state index < -0.39 is 0 Å². The van der Waals surface area contributed by atoms with Gasteiger partial charge in [0.05, 0.1) is 5.71 Å². The summed E-state index contributed by atoms with van der Waals surface area (Å²) in [5.41, 5.74) is 10.4. The van der Waals surface area contributed by atoms with Crippen LogP contribution in [0.2, 0.25) is 0 Å². The predicted molar refractivity (Wildman–Crippen MR) is 64.4 cm³/mol. The number of benzene rings is 1. The molecule has 1 aromatic rings. The first kappa shape index (κ1) is 11.1. The molecule has 0 aliphatic carbocycles. The molecule has 0 aliphatic heterocycles. The molecule has 0 aliphatic rings. The van der Waals surface area contributed by atoms with E-state index in [1.807, 2.05) is 19.1 Å². The van der Waals surface area contributed by atoms with Gasteiger partial charge in [-0.25, -0.2) is 0 Å². The quantitative estimate of drug-likeness (QED) is 0.341. The Hall–Kier alpha value is -1.93. The summed E-state index contributed by atoms with van der Waals surface area (Å²) in [6, 6.07) is 9.06. The van der Waals surface area contributed by atoms with Crippen molar-refractivity contribution in [2.75, 3.05) is 5.73 Å². The lowest BCUT2D eigenvalue weighted by atomic mass is 10.1. The van der Waals surface area contributed by atoms with Crippen LogP contribution in [-0.4, -0.2) is 10.7 Å². The van der Waals surface area contributed by atoms with Crippen molar-refractivity contribution in [3.05, 3.63) is 29.8 Å². The Morgan fingerprint density at radius 2 is 2.07 bits per heavy atom. The average Bonchev–Trinajstić information content (AvgIpc) is 2.26. The second-order valence-corrected chi connectivity index (χ2v) is 3.28. The average molecular weight is 218 g/mol. The van der Waals surface area contributed by atoms with Gasteiger partial charge < -0.3 is 5.73 Å². The maximum Gasteiger partial charge on any atom is 0.198 e. The molecule has 0 amide bonds. The molecule has 0 saturated carbocycles. The minimum Gasteiger partial charge on any atom is -0.399 e. The fourth-order valence-electron chi connectivity index (χ4n) is 0.948. The third-order valence-corrected chi connectivity index (χ3v) is 1.94. The summed E-state index contributed by atoms with van der Waals surface area (Å²) in [6.07, 6.45) is 0. The van der Waals surface area contributed by atoms with Crippen molar-refractivity contribution in [2.24, 2.45) is 5.10 Å². The van der Waals surface area contributed by atoms with Gasteiger partial charge in [-0.3, -0.25) is 5.43 Å². The van der Waals surface area contributed by atoms with E-state index >= 15 is 0 Å². The molecule has 5 heteroatoms. The fraction of sp³-hybridized carbons (Fsp3) is 0.100. The number of nitrogens with one attached hydrogen (secondary N) is 1. The van der Waals surface area contributed by atoms with E-state index in [-0.39, 0.29) is 4.99 Å². The second kappa shape index (κ2) is 5.08. The normalized spacial score (nSPS) is 10.5. The highest BCUT2D eigenvalue weighted by atomic mass is 32.1. The van der Waals surface area contributed by atoms with Crippen molar-refractivity contribution in [3.63, 3.8) is 0 Å². The molecule has 0 heterocycles. The van der Waals surface area contributed by atoms with Gasteiger partial charge in [0.25, 0.3) is 0 Å². The molecule has 1 rings (SSSR count). The van der Waals surface area contributed by atoms with E-state index in [9.17, 15) is 0 Å². The van der Waals surface area contributed by atoms with Crippen molar-refractivity contribution >= 4 is 28.6 Å². The van der Waals surface area contributed by atoms with Gasteiger partial charge in [-0.1, -0.05) is 12.1 Å². The molecule has 1 aromatic carbocycles. The first-order chi connectivity index (χ1) is 7.13.